The van der Waals surface area contributed by atoms with Gasteiger partial charge in [0.05, 0.1) is 16.1 Å². The molecule has 1 aromatic heterocycles. The van der Waals surface area contributed by atoms with Crippen molar-refractivity contribution in [1.29, 1.82) is 0 Å². The SMILES string of the molecule is O=[N+]([O-])c1ccc2nc(-c3ccccc3)cc(Cc3ccccc3)c2c1. The van der Waals surface area contributed by atoms with Crippen molar-refractivity contribution in [3.8, 4) is 11.3 Å². The van der Waals surface area contributed by atoms with E-state index < -0.39 is 0 Å². The van der Waals surface area contributed by atoms with Gasteiger partial charge in [-0.1, -0.05) is 60.7 Å². The van der Waals surface area contributed by atoms with Gasteiger partial charge in [0.1, 0.15) is 0 Å². The first kappa shape index (κ1) is 16.0. The highest BCUT2D eigenvalue weighted by Gasteiger charge is 2.13. The van der Waals surface area contributed by atoms with Crippen LogP contribution in [0.25, 0.3) is 22.2 Å². The monoisotopic (exact) mass is 340 g/mol. The molecular weight excluding hydrogens is 324 g/mol. The molecule has 0 fully saturated rings. The smallest absolute Gasteiger partial charge is 0.258 e. The summed E-state index contributed by atoms with van der Waals surface area (Å²) in [4.78, 5) is 15.5. The topological polar surface area (TPSA) is 56.0 Å². The van der Waals surface area contributed by atoms with Crippen LogP contribution < -0.4 is 0 Å². The minimum absolute atomic E-state index is 0.0843. The number of nitrogens with zero attached hydrogens (tertiary/aromatic N) is 2. The van der Waals surface area contributed by atoms with Crippen molar-refractivity contribution in [2.24, 2.45) is 0 Å². The first-order valence-corrected chi connectivity index (χ1v) is 8.38. The Morgan fingerprint density at radius 2 is 1.54 bits per heavy atom. The van der Waals surface area contributed by atoms with Crippen LogP contribution in [-0.4, -0.2) is 9.91 Å². The van der Waals surface area contributed by atoms with Gasteiger partial charge in [0.25, 0.3) is 5.69 Å². The van der Waals surface area contributed by atoms with Crippen LogP contribution in [0.2, 0.25) is 0 Å². The lowest BCUT2D eigenvalue weighted by Crippen LogP contribution is -1.96. The Labute approximate surface area is 150 Å². The first-order chi connectivity index (χ1) is 12.7. The van der Waals surface area contributed by atoms with Crippen LogP contribution in [0.1, 0.15) is 11.1 Å². The summed E-state index contributed by atoms with van der Waals surface area (Å²) in [5.74, 6) is 0. The van der Waals surface area contributed by atoms with E-state index >= 15 is 0 Å². The van der Waals surface area contributed by atoms with Crippen molar-refractivity contribution in [3.63, 3.8) is 0 Å². The maximum Gasteiger partial charge on any atom is 0.270 e. The van der Waals surface area contributed by atoms with Gasteiger partial charge in [0.15, 0.2) is 0 Å². The van der Waals surface area contributed by atoms with Crippen molar-refractivity contribution < 1.29 is 4.92 Å². The maximum atomic E-state index is 11.2. The number of nitro benzene ring substituents is 1. The van der Waals surface area contributed by atoms with Gasteiger partial charge >= 0.3 is 0 Å². The predicted molar refractivity (Wildman–Crippen MR) is 103 cm³/mol. The predicted octanol–water partition coefficient (Wildman–Crippen LogP) is 5.40. The highest BCUT2D eigenvalue weighted by Crippen LogP contribution is 2.29. The molecule has 4 rings (SSSR count). The van der Waals surface area contributed by atoms with E-state index in [4.69, 9.17) is 4.98 Å². The molecule has 4 heteroatoms. The largest absolute Gasteiger partial charge is 0.270 e. The summed E-state index contributed by atoms with van der Waals surface area (Å²) in [6.07, 6.45) is 0.695. The average molecular weight is 340 g/mol. The Hall–Kier alpha value is -3.53. The van der Waals surface area contributed by atoms with Crippen molar-refractivity contribution in [2.75, 3.05) is 0 Å². The molecule has 4 aromatic rings. The van der Waals surface area contributed by atoms with Crippen LogP contribution in [-0.2, 0) is 6.42 Å². The molecule has 0 bridgehead atoms. The fraction of sp³-hybridized carbons (Fsp3) is 0.0455. The number of rotatable bonds is 4. The molecule has 0 spiro atoms. The van der Waals surface area contributed by atoms with Crippen LogP contribution in [0.15, 0.2) is 84.9 Å². The van der Waals surface area contributed by atoms with Crippen LogP contribution in [0.4, 0.5) is 5.69 Å². The van der Waals surface area contributed by atoms with Gasteiger partial charge in [-0.15, -0.1) is 0 Å². The number of hydrogen-bond donors (Lipinski definition) is 0. The summed E-state index contributed by atoms with van der Waals surface area (Å²) in [6.45, 7) is 0. The summed E-state index contributed by atoms with van der Waals surface area (Å²) in [6, 6.07) is 27.0. The Kier molecular flexibility index (Phi) is 4.15. The highest BCUT2D eigenvalue weighted by atomic mass is 16.6. The lowest BCUT2D eigenvalue weighted by atomic mass is 9.98. The summed E-state index contributed by atoms with van der Waals surface area (Å²) in [5, 5.41) is 12.0. The molecule has 0 unspecified atom stereocenters. The number of nitro groups is 1. The first-order valence-electron chi connectivity index (χ1n) is 8.38. The third-order valence-corrected chi connectivity index (χ3v) is 4.40. The second-order valence-corrected chi connectivity index (χ2v) is 6.15. The van der Waals surface area contributed by atoms with Crippen molar-refractivity contribution in [3.05, 3.63) is 106 Å². The molecule has 126 valence electrons. The average Bonchev–Trinajstić information content (AvgIpc) is 2.69. The van der Waals surface area contributed by atoms with Crippen LogP contribution in [0.5, 0.6) is 0 Å². The Morgan fingerprint density at radius 1 is 0.846 bits per heavy atom. The molecule has 3 aromatic carbocycles. The molecule has 26 heavy (non-hydrogen) atoms. The molecule has 0 radical (unpaired) electrons. The Balaban J connectivity index is 1.91. The van der Waals surface area contributed by atoms with Gasteiger partial charge in [-0.2, -0.15) is 0 Å². The van der Waals surface area contributed by atoms with Crippen LogP contribution >= 0.6 is 0 Å². The van der Waals surface area contributed by atoms with E-state index in [1.54, 1.807) is 12.1 Å². The molecule has 0 atom stereocenters. The second kappa shape index (κ2) is 6.76. The molecule has 0 N–H and O–H groups in total. The number of benzene rings is 3. The minimum atomic E-state index is -0.364. The van der Waals surface area contributed by atoms with Gasteiger partial charge in [0.2, 0.25) is 0 Å². The van der Waals surface area contributed by atoms with E-state index in [0.29, 0.717) is 6.42 Å². The number of non-ortho nitro benzene ring substituents is 1. The quantitative estimate of drug-likeness (QED) is 0.369. The van der Waals surface area contributed by atoms with Crippen LogP contribution in [0, 0.1) is 10.1 Å². The molecule has 4 nitrogen and oxygen atoms in total. The molecule has 1 heterocycles. The van der Waals surface area contributed by atoms with Crippen molar-refractivity contribution in [2.45, 2.75) is 6.42 Å². The normalized spacial score (nSPS) is 10.8. The third kappa shape index (κ3) is 3.17. The van der Waals surface area contributed by atoms with Crippen molar-refractivity contribution >= 4 is 16.6 Å². The Morgan fingerprint density at radius 3 is 2.23 bits per heavy atom. The summed E-state index contributed by atoms with van der Waals surface area (Å²) in [7, 11) is 0. The second-order valence-electron chi connectivity index (χ2n) is 6.15. The maximum absolute atomic E-state index is 11.2. The highest BCUT2D eigenvalue weighted by molar-refractivity contribution is 5.87. The van der Waals surface area contributed by atoms with E-state index in [1.165, 1.54) is 6.07 Å². The standard InChI is InChI=1S/C22H16N2O2/c25-24(26)19-11-12-21-20(15-19)18(13-16-7-3-1-4-8-16)14-22(23-21)17-9-5-2-6-10-17/h1-12,14-15H,13H2. The summed E-state index contributed by atoms with van der Waals surface area (Å²) in [5.41, 5.74) is 4.94. The van der Waals surface area contributed by atoms with E-state index in [2.05, 4.69) is 12.1 Å². The van der Waals surface area contributed by atoms with E-state index in [1.807, 2.05) is 54.6 Å². The lowest BCUT2D eigenvalue weighted by Gasteiger charge is -2.10. The zero-order chi connectivity index (χ0) is 17.9. The molecule has 0 aliphatic rings. The van der Waals surface area contributed by atoms with Gasteiger partial charge in [-0.05, 0) is 29.7 Å². The molecule has 0 aliphatic carbocycles. The van der Waals surface area contributed by atoms with Gasteiger partial charge in [-0.25, -0.2) is 4.98 Å². The molecule has 0 aliphatic heterocycles. The fourth-order valence-corrected chi connectivity index (χ4v) is 3.12. The molecule has 0 saturated heterocycles. The third-order valence-electron chi connectivity index (χ3n) is 4.40. The number of pyridine rings is 1. The molecule has 0 saturated carbocycles. The van der Waals surface area contributed by atoms with Gasteiger partial charge in [0, 0.05) is 23.1 Å². The zero-order valence-corrected chi connectivity index (χ0v) is 14.0. The van der Waals surface area contributed by atoms with Gasteiger partial charge in [-0.3, -0.25) is 10.1 Å². The number of hydrogen-bond acceptors (Lipinski definition) is 3. The Bertz CT molecular complexity index is 1080. The van der Waals surface area contributed by atoms with E-state index in [9.17, 15) is 10.1 Å². The lowest BCUT2D eigenvalue weighted by molar-refractivity contribution is -0.384. The number of aromatic nitrogens is 1. The summed E-state index contributed by atoms with van der Waals surface area (Å²) < 4.78 is 0. The molecule has 0 amide bonds. The van der Waals surface area contributed by atoms with E-state index in [-0.39, 0.29) is 10.6 Å². The molecular formula is C22H16N2O2. The van der Waals surface area contributed by atoms with Gasteiger partial charge < -0.3 is 0 Å². The van der Waals surface area contributed by atoms with Crippen LogP contribution in [0.3, 0.4) is 0 Å². The number of fused-ring (bicyclic) bond motifs is 1. The summed E-state index contributed by atoms with van der Waals surface area (Å²) >= 11 is 0. The van der Waals surface area contributed by atoms with Crippen molar-refractivity contribution in [1.82, 2.24) is 4.98 Å². The fourth-order valence-electron chi connectivity index (χ4n) is 3.12. The minimum Gasteiger partial charge on any atom is -0.258 e. The van der Waals surface area contributed by atoms with E-state index in [0.717, 1.165) is 33.3 Å². The zero-order valence-electron chi connectivity index (χ0n) is 14.0.